The van der Waals surface area contributed by atoms with E-state index in [0.29, 0.717) is 11.3 Å². The van der Waals surface area contributed by atoms with Gasteiger partial charge in [-0.1, -0.05) is 24.3 Å². The zero-order chi connectivity index (χ0) is 15.2. The van der Waals surface area contributed by atoms with Crippen molar-refractivity contribution >= 4 is 23.4 Å². The molecule has 110 valence electrons. The van der Waals surface area contributed by atoms with E-state index in [1.807, 2.05) is 25.1 Å². The van der Waals surface area contributed by atoms with E-state index < -0.39 is 0 Å². The van der Waals surface area contributed by atoms with Gasteiger partial charge in [-0.25, -0.2) is 4.39 Å². The molecule has 0 aromatic heterocycles. The van der Waals surface area contributed by atoms with E-state index in [-0.39, 0.29) is 24.0 Å². The number of carbonyl (C=O) groups is 1. The summed E-state index contributed by atoms with van der Waals surface area (Å²) < 4.78 is 13.4. The fraction of sp³-hybridized carbons (Fsp3) is 0.188. The molecule has 0 heterocycles. The third-order valence-corrected chi connectivity index (χ3v) is 4.28. The second kappa shape index (κ2) is 7.13. The highest BCUT2D eigenvalue weighted by Gasteiger charge is 2.07. The lowest BCUT2D eigenvalue weighted by molar-refractivity contribution is -0.118. The molecule has 0 aliphatic rings. The molecular weight excluding hydrogens is 287 g/mol. The first-order valence-corrected chi connectivity index (χ1v) is 7.54. The highest BCUT2D eigenvalue weighted by molar-refractivity contribution is 8.00. The summed E-state index contributed by atoms with van der Waals surface area (Å²) >= 11 is 1.42. The van der Waals surface area contributed by atoms with Gasteiger partial charge in [0.2, 0.25) is 5.91 Å². The molecule has 0 fully saturated rings. The number of hydrogen-bond acceptors (Lipinski definition) is 3. The zero-order valence-electron chi connectivity index (χ0n) is 11.7. The minimum absolute atomic E-state index is 0.134. The second-order valence-corrected chi connectivity index (χ2v) is 5.64. The molecule has 1 amide bonds. The minimum atomic E-state index is -0.308. The molecule has 0 bridgehead atoms. The Hall–Kier alpha value is -2.01. The molecule has 21 heavy (non-hydrogen) atoms. The van der Waals surface area contributed by atoms with Crippen LogP contribution < -0.4 is 11.1 Å². The second-order valence-electron chi connectivity index (χ2n) is 4.63. The Morgan fingerprint density at radius 3 is 2.76 bits per heavy atom. The molecule has 2 aromatic rings. The fourth-order valence-corrected chi connectivity index (χ4v) is 2.72. The summed E-state index contributed by atoms with van der Waals surface area (Å²) in [4.78, 5) is 12.8. The van der Waals surface area contributed by atoms with Gasteiger partial charge in [0, 0.05) is 22.7 Å². The van der Waals surface area contributed by atoms with Crippen molar-refractivity contribution in [2.45, 2.75) is 18.4 Å². The van der Waals surface area contributed by atoms with Crippen LogP contribution in [-0.4, -0.2) is 11.7 Å². The van der Waals surface area contributed by atoms with E-state index >= 15 is 0 Å². The van der Waals surface area contributed by atoms with Crippen LogP contribution in [0.1, 0.15) is 11.1 Å². The number of benzene rings is 2. The maximum atomic E-state index is 13.4. The topological polar surface area (TPSA) is 55.1 Å². The first kappa shape index (κ1) is 15.4. The first-order chi connectivity index (χ1) is 10.1. The van der Waals surface area contributed by atoms with Gasteiger partial charge in [-0.05, 0) is 30.7 Å². The van der Waals surface area contributed by atoms with Gasteiger partial charge in [-0.3, -0.25) is 4.79 Å². The molecule has 0 aliphatic heterocycles. The molecule has 0 atom stereocenters. The molecule has 3 N–H and O–H groups in total. The van der Waals surface area contributed by atoms with Crippen LogP contribution in [0.25, 0.3) is 0 Å². The number of carbonyl (C=O) groups excluding carboxylic acids is 1. The Morgan fingerprint density at radius 1 is 1.24 bits per heavy atom. The number of rotatable bonds is 5. The molecule has 0 unspecified atom stereocenters. The number of nitrogens with two attached hydrogens (primary N) is 1. The van der Waals surface area contributed by atoms with Crippen LogP contribution in [0.2, 0.25) is 0 Å². The van der Waals surface area contributed by atoms with Crippen molar-refractivity contribution in [2.75, 3.05) is 11.5 Å². The zero-order valence-corrected chi connectivity index (χ0v) is 12.5. The molecule has 2 aromatic carbocycles. The largest absolute Gasteiger partial charge is 0.398 e. The average Bonchev–Trinajstić information content (AvgIpc) is 2.48. The normalized spacial score (nSPS) is 10.4. The third-order valence-electron chi connectivity index (χ3n) is 3.12. The Labute approximate surface area is 127 Å². The van der Waals surface area contributed by atoms with Gasteiger partial charge in [0.15, 0.2) is 0 Å². The summed E-state index contributed by atoms with van der Waals surface area (Å²) in [5.74, 6) is -0.166. The Balaban J connectivity index is 1.85. The highest BCUT2D eigenvalue weighted by Crippen LogP contribution is 2.25. The van der Waals surface area contributed by atoms with Gasteiger partial charge < -0.3 is 11.1 Å². The van der Waals surface area contributed by atoms with Crippen LogP contribution in [0, 0.1) is 12.7 Å². The van der Waals surface area contributed by atoms with Gasteiger partial charge in [0.05, 0.1) is 5.75 Å². The van der Waals surface area contributed by atoms with Crippen molar-refractivity contribution < 1.29 is 9.18 Å². The number of nitrogens with one attached hydrogen (secondary N) is 1. The van der Waals surface area contributed by atoms with Gasteiger partial charge in [-0.15, -0.1) is 11.8 Å². The molecule has 5 heteroatoms. The van der Waals surface area contributed by atoms with E-state index in [1.54, 1.807) is 18.2 Å². The molecule has 0 saturated heterocycles. The molecule has 3 nitrogen and oxygen atoms in total. The lowest BCUT2D eigenvalue weighted by Crippen LogP contribution is -2.25. The maximum Gasteiger partial charge on any atom is 0.230 e. The van der Waals surface area contributed by atoms with Crippen molar-refractivity contribution in [3.8, 4) is 0 Å². The monoisotopic (exact) mass is 304 g/mol. The van der Waals surface area contributed by atoms with Crippen molar-refractivity contribution in [2.24, 2.45) is 0 Å². The van der Waals surface area contributed by atoms with Crippen LogP contribution in [0.15, 0.2) is 47.4 Å². The van der Waals surface area contributed by atoms with E-state index in [1.165, 1.54) is 17.8 Å². The average molecular weight is 304 g/mol. The molecule has 0 aliphatic carbocycles. The number of thioether (sulfide) groups is 1. The molecular formula is C16H17FN2OS. The van der Waals surface area contributed by atoms with Crippen molar-refractivity contribution in [3.63, 3.8) is 0 Å². The quantitative estimate of drug-likeness (QED) is 0.659. The van der Waals surface area contributed by atoms with Crippen LogP contribution in [-0.2, 0) is 11.3 Å². The van der Waals surface area contributed by atoms with Crippen molar-refractivity contribution in [3.05, 3.63) is 59.4 Å². The van der Waals surface area contributed by atoms with Crippen LogP contribution in [0.4, 0.5) is 10.1 Å². The third kappa shape index (κ3) is 4.23. The Bertz CT molecular complexity index is 646. The van der Waals surface area contributed by atoms with E-state index in [9.17, 15) is 9.18 Å². The number of hydrogen-bond donors (Lipinski definition) is 2. The van der Waals surface area contributed by atoms with Crippen LogP contribution >= 0.6 is 11.8 Å². The first-order valence-electron chi connectivity index (χ1n) is 6.56. The predicted molar refractivity (Wildman–Crippen MR) is 84.6 cm³/mol. The SMILES string of the molecule is Cc1c(N)cccc1SCC(=O)NCc1ccccc1F. The summed E-state index contributed by atoms with van der Waals surface area (Å²) in [6.45, 7) is 2.12. The predicted octanol–water partition coefficient (Wildman–Crippen LogP) is 3.12. The van der Waals surface area contributed by atoms with Crippen molar-refractivity contribution in [1.82, 2.24) is 5.32 Å². The lowest BCUT2D eigenvalue weighted by atomic mass is 10.2. The summed E-state index contributed by atoms with van der Waals surface area (Å²) in [6.07, 6.45) is 0. The van der Waals surface area contributed by atoms with E-state index in [4.69, 9.17) is 5.73 Å². The number of amides is 1. The maximum absolute atomic E-state index is 13.4. The van der Waals surface area contributed by atoms with Gasteiger partial charge in [0.1, 0.15) is 5.82 Å². The number of anilines is 1. The minimum Gasteiger partial charge on any atom is -0.398 e. The molecule has 2 rings (SSSR count). The molecule has 0 saturated carbocycles. The van der Waals surface area contributed by atoms with Gasteiger partial charge in [-0.2, -0.15) is 0 Å². The van der Waals surface area contributed by atoms with E-state index in [0.717, 1.165) is 10.5 Å². The highest BCUT2D eigenvalue weighted by atomic mass is 32.2. The summed E-state index contributed by atoms with van der Waals surface area (Å²) in [5, 5.41) is 2.71. The van der Waals surface area contributed by atoms with Crippen LogP contribution in [0.5, 0.6) is 0 Å². The number of nitrogen functional groups attached to an aromatic ring is 1. The summed E-state index contributed by atoms with van der Waals surface area (Å²) in [5.41, 5.74) is 8.00. The lowest BCUT2D eigenvalue weighted by Gasteiger charge is -2.09. The fourth-order valence-electron chi connectivity index (χ4n) is 1.82. The van der Waals surface area contributed by atoms with Gasteiger partial charge >= 0.3 is 0 Å². The number of halogens is 1. The van der Waals surface area contributed by atoms with E-state index in [2.05, 4.69) is 5.32 Å². The van der Waals surface area contributed by atoms with Gasteiger partial charge in [0.25, 0.3) is 0 Å². The van der Waals surface area contributed by atoms with Crippen molar-refractivity contribution in [1.29, 1.82) is 0 Å². The molecule has 0 radical (unpaired) electrons. The standard InChI is InChI=1S/C16H17FN2OS/c1-11-14(18)7-4-8-15(11)21-10-16(20)19-9-12-5-2-3-6-13(12)17/h2-8H,9-10,18H2,1H3,(H,19,20). The molecule has 0 spiro atoms. The smallest absolute Gasteiger partial charge is 0.230 e. The Kier molecular flexibility index (Phi) is 5.22. The van der Waals surface area contributed by atoms with Crippen LogP contribution in [0.3, 0.4) is 0 Å². The summed E-state index contributed by atoms with van der Waals surface area (Å²) in [7, 11) is 0. The Morgan fingerprint density at radius 2 is 2.00 bits per heavy atom. The summed E-state index contributed by atoms with van der Waals surface area (Å²) in [6, 6.07) is 12.0.